The first-order valence-corrected chi connectivity index (χ1v) is 10.7. The molecule has 0 bridgehead atoms. The molecule has 2 aliphatic rings. The number of benzene rings is 3. The van der Waals surface area contributed by atoms with E-state index in [2.05, 4.69) is 5.32 Å². The van der Waals surface area contributed by atoms with E-state index in [9.17, 15) is 9.59 Å². The highest BCUT2D eigenvalue weighted by atomic mass is 16.2. The summed E-state index contributed by atoms with van der Waals surface area (Å²) in [5.74, 6) is -0.00876. The molecule has 1 N–H and O–H groups in total. The smallest absolute Gasteiger partial charge is 0.259 e. The van der Waals surface area contributed by atoms with Crippen LogP contribution in [0, 0.1) is 6.92 Å². The number of amides is 1. The molecular weight excluding hydrogens is 384 g/mol. The Bertz CT molecular complexity index is 1180. The molecule has 0 saturated heterocycles. The Morgan fingerprint density at radius 3 is 2.39 bits per heavy atom. The molecule has 154 valence electrons. The number of nitrogens with zero attached hydrogens (tertiary/aromatic N) is 1. The fourth-order valence-corrected chi connectivity index (χ4v) is 4.54. The van der Waals surface area contributed by atoms with Crippen molar-refractivity contribution in [3.05, 3.63) is 107 Å². The number of para-hydroxylation sites is 2. The highest BCUT2D eigenvalue weighted by molar-refractivity contribution is 6.11. The van der Waals surface area contributed by atoms with Crippen molar-refractivity contribution >= 4 is 23.1 Å². The third-order valence-electron chi connectivity index (χ3n) is 6.07. The monoisotopic (exact) mass is 408 g/mol. The highest BCUT2D eigenvalue weighted by Gasteiger charge is 2.39. The normalized spacial score (nSPS) is 18.0. The maximum Gasteiger partial charge on any atom is 0.259 e. The lowest BCUT2D eigenvalue weighted by molar-refractivity contribution is -0.116. The highest BCUT2D eigenvalue weighted by Crippen LogP contribution is 2.45. The molecule has 1 amide bonds. The minimum atomic E-state index is -0.479. The van der Waals surface area contributed by atoms with Crippen LogP contribution in [0.2, 0.25) is 0 Å². The van der Waals surface area contributed by atoms with Crippen LogP contribution in [0.4, 0.5) is 11.4 Å². The second-order valence-electron chi connectivity index (χ2n) is 8.17. The number of hydrogen-bond acceptors (Lipinski definition) is 3. The van der Waals surface area contributed by atoms with E-state index in [0.29, 0.717) is 17.6 Å². The van der Waals surface area contributed by atoms with E-state index in [1.165, 1.54) is 0 Å². The Morgan fingerprint density at radius 2 is 1.61 bits per heavy atom. The van der Waals surface area contributed by atoms with Crippen molar-refractivity contribution in [2.24, 2.45) is 0 Å². The van der Waals surface area contributed by atoms with Crippen molar-refractivity contribution in [3.8, 4) is 0 Å². The van der Waals surface area contributed by atoms with Gasteiger partial charge >= 0.3 is 0 Å². The zero-order valence-electron chi connectivity index (χ0n) is 17.5. The fraction of sp³-hybridized carbons (Fsp3) is 0.185. The molecule has 1 aliphatic carbocycles. The summed E-state index contributed by atoms with van der Waals surface area (Å²) < 4.78 is 0. The zero-order chi connectivity index (χ0) is 21.4. The number of aryl methyl sites for hydroxylation is 1. The average molecular weight is 409 g/mol. The zero-order valence-corrected chi connectivity index (χ0v) is 17.5. The molecular formula is C27H24N2O2. The molecule has 0 unspecified atom stereocenters. The molecule has 1 heterocycles. The number of Topliss-reactive ketones (excluding diaryl/α,β-unsaturated/α-hetero) is 1. The number of rotatable bonds is 2. The summed E-state index contributed by atoms with van der Waals surface area (Å²) in [6, 6.07) is 24.8. The molecule has 3 aromatic carbocycles. The van der Waals surface area contributed by atoms with Gasteiger partial charge in [-0.05, 0) is 49.6 Å². The van der Waals surface area contributed by atoms with Crippen LogP contribution in [0.25, 0.3) is 0 Å². The van der Waals surface area contributed by atoms with E-state index in [-0.39, 0.29) is 11.7 Å². The molecule has 0 aromatic heterocycles. The molecule has 0 spiro atoms. The quantitative estimate of drug-likeness (QED) is 0.582. The van der Waals surface area contributed by atoms with Gasteiger partial charge in [-0.3, -0.25) is 14.5 Å². The summed E-state index contributed by atoms with van der Waals surface area (Å²) in [7, 11) is 0. The third-order valence-corrected chi connectivity index (χ3v) is 6.07. The first-order valence-electron chi connectivity index (χ1n) is 10.7. The predicted molar refractivity (Wildman–Crippen MR) is 123 cm³/mol. The van der Waals surface area contributed by atoms with Gasteiger partial charge in [-0.15, -0.1) is 0 Å². The Morgan fingerprint density at radius 1 is 0.903 bits per heavy atom. The lowest BCUT2D eigenvalue weighted by atomic mass is 9.85. The summed E-state index contributed by atoms with van der Waals surface area (Å²) in [5, 5.41) is 3.50. The Balaban J connectivity index is 1.78. The summed E-state index contributed by atoms with van der Waals surface area (Å²) in [5.41, 5.74) is 5.94. The standard InChI is InChI=1S/C27H24N2O2/c1-18-14-16-19(17-15-18)26-25-22(11-7-13-24(25)30)28-21-10-5-6-12-23(21)29(26)27(31)20-8-3-2-4-9-20/h2-6,8-10,12,14-17,26,28H,7,11,13H2,1H3/t26-/m0/s1. The molecule has 4 nitrogen and oxygen atoms in total. The van der Waals surface area contributed by atoms with Gasteiger partial charge in [0.2, 0.25) is 0 Å². The van der Waals surface area contributed by atoms with Crippen LogP contribution in [-0.2, 0) is 4.79 Å². The van der Waals surface area contributed by atoms with E-state index >= 15 is 0 Å². The van der Waals surface area contributed by atoms with Gasteiger partial charge in [-0.25, -0.2) is 0 Å². The van der Waals surface area contributed by atoms with Gasteiger partial charge in [0.1, 0.15) is 0 Å². The van der Waals surface area contributed by atoms with Gasteiger partial charge in [0.05, 0.1) is 17.4 Å². The maximum absolute atomic E-state index is 13.9. The van der Waals surface area contributed by atoms with Crippen LogP contribution in [0.3, 0.4) is 0 Å². The minimum Gasteiger partial charge on any atom is -0.357 e. The molecule has 3 aromatic rings. The second-order valence-corrected chi connectivity index (χ2v) is 8.17. The maximum atomic E-state index is 13.9. The van der Waals surface area contributed by atoms with Gasteiger partial charge < -0.3 is 5.32 Å². The average Bonchev–Trinajstić information content (AvgIpc) is 2.95. The Kier molecular flexibility index (Phi) is 4.91. The fourth-order valence-electron chi connectivity index (χ4n) is 4.54. The predicted octanol–water partition coefficient (Wildman–Crippen LogP) is 5.82. The van der Waals surface area contributed by atoms with Gasteiger partial charge in [-0.1, -0.05) is 60.2 Å². The lowest BCUT2D eigenvalue weighted by Gasteiger charge is -2.34. The van der Waals surface area contributed by atoms with E-state index in [4.69, 9.17) is 0 Å². The van der Waals surface area contributed by atoms with E-state index < -0.39 is 6.04 Å². The molecule has 0 saturated carbocycles. The lowest BCUT2D eigenvalue weighted by Crippen LogP contribution is -2.38. The van der Waals surface area contributed by atoms with Gasteiger partial charge in [-0.2, -0.15) is 0 Å². The molecule has 31 heavy (non-hydrogen) atoms. The van der Waals surface area contributed by atoms with Crippen LogP contribution in [0.1, 0.15) is 46.8 Å². The van der Waals surface area contributed by atoms with Crippen molar-refractivity contribution in [2.45, 2.75) is 32.2 Å². The van der Waals surface area contributed by atoms with Crippen LogP contribution < -0.4 is 10.2 Å². The van der Waals surface area contributed by atoms with Gasteiger partial charge in [0.15, 0.2) is 5.78 Å². The number of carbonyl (C=O) groups excluding carboxylic acids is 2. The molecule has 0 radical (unpaired) electrons. The van der Waals surface area contributed by atoms with Crippen LogP contribution in [0.5, 0.6) is 0 Å². The molecule has 5 rings (SSSR count). The number of hydrogen-bond donors (Lipinski definition) is 1. The Labute approximate surface area is 182 Å². The number of anilines is 2. The van der Waals surface area contributed by atoms with Gasteiger partial charge in [0.25, 0.3) is 5.91 Å². The topological polar surface area (TPSA) is 49.4 Å². The first-order chi connectivity index (χ1) is 15.1. The van der Waals surface area contributed by atoms with Crippen molar-refractivity contribution < 1.29 is 9.59 Å². The molecule has 1 aliphatic heterocycles. The van der Waals surface area contributed by atoms with Crippen LogP contribution >= 0.6 is 0 Å². The SMILES string of the molecule is Cc1ccc([C@H]2C3=C(CCCC3=O)Nc3ccccc3N2C(=O)c2ccccc2)cc1. The number of fused-ring (bicyclic) bond motifs is 1. The van der Waals surface area contributed by atoms with E-state index in [0.717, 1.165) is 41.0 Å². The van der Waals surface area contributed by atoms with E-state index in [1.54, 1.807) is 4.90 Å². The largest absolute Gasteiger partial charge is 0.357 e. The van der Waals surface area contributed by atoms with Crippen LogP contribution in [0.15, 0.2) is 90.1 Å². The van der Waals surface area contributed by atoms with E-state index in [1.807, 2.05) is 85.8 Å². The number of ketones is 1. The summed E-state index contributed by atoms with van der Waals surface area (Å²) >= 11 is 0. The molecule has 4 heteroatoms. The Hall–Kier alpha value is -3.66. The summed E-state index contributed by atoms with van der Waals surface area (Å²) in [6.07, 6.45) is 2.12. The van der Waals surface area contributed by atoms with Crippen molar-refractivity contribution in [1.82, 2.24) is 0 Å². The number of allylic oxidation sites excluding steroid dienone is 1. The van der Waals surface area contributed by atoms with Crippen LogP contribution in [-0.4, -0.2) is 11.7 Å². The molecule has 0 fully saturated rings. The second kappa shape index (κ2) is 7.88. The summed E-state index contributed by atoms with van der Waals surface area (Å²) in [6.45, 7) is 2.04. The summed E-state index contributed by atoms with van der Waals surface area (Å²) in [4.78, 5) is 29.0. The minimum absolute atomic E-state index is 0.109. The number of carbonyl (C=O) groups is 2. The third kappa shape index (κ3) is 3.44. The molecule has 1 atom stereocenters. The number of nitrogens with one attached hydrogen (secondary N) is 1. The van der Waals surface area contributed by atoms with Crippen molar-refractivity contribution in [3.63, 3.8) is 0 Å². The van der Waals surface area contributed by atoms with Crippen molar-refractivity contribution in [1.29, 1.82) is 0 Å². The van der Waals surface area contributed by atoms with Crippen molar-refractivity contribution in [2.75, 3.05) is 10.2 Å². The first kappa shape index (κ1) is 19.3. The van der Waals surface area contributed by atoms with Gasteiger partial charge in [0, 0.05) is 23.3 Å².